The number of aromatic nitrogens is 1. The van der Waals surface area contributed by atoms with Crippen LogP contribution in [0.2, 0.25) is 0 Å². The molecule has 0 spiro atoms. The van der Waals surface area contributed by atoms with E-state index in [1.165, 1.54) is 0 Å². The Hall–Kier alpha value is -2.93. The minimum atomic E-state index is -0.157. The van der Waals surface area contributed by atoms with Crippen LogP contribution in [0.15, 0.2) is 78.9 Å². The molecular formula is C23H17IN2O2. The second kappa shape index (κ2) is 7.98. The minimum Gasteiger partial charge on any atom is -0.497 e. The van der Waals surface area contributed by atoms with Crippen LogP contribution in [0.4, 0.5) is 5.69 Å². The third-order valence-electron chi connectivity index (χ3n) is 4.43. The predicted molar refractivity (Wildman–Crippen MR) is 121 cm³/mol. The molecule has 0 aliphatic heterocycles. The topological polar surface area (TPSA) is 51.2 Å². The van der Waals surface area contributed by atoms with Gasteiger partial charge in [0.1, 0.15) is 5.75 Å². The van der Waals surface area contributed by atoms with Crippen LogP contribution < -0.4 is 10.1 Å². The summed E-state index contributed by atoms with van der Waals surface area (Å²) in [4.78, 5) is 17.8. The highest BCUT2D eigenvalue weighted by molar-refractivity contribution is 14.1. The maximum Gasteiger partial charge on any atom is 0.256 e. The van der Waals surface area contributed by atoms with E-state index in [0.717, 1.165) is 37.2 Å². The molecule has 4 nitrogen and oxygen atoms in total. The molecule has 4 rings (SSSR count). The van der Waals surface area contributed by atoms with Gasteiger partial charge in [0.2, 0.25) is 0 Å². The van der Waals surface area contributed by atoms with Crippen molar-refractivity contribution in [3.05, 3.63) is 88.0 Å². The molecular weight excluding hydrogens is 463 g/mol. The van der Waals surface area contributed by atoms with E-state index in [0.29, 0.717) is 5.56 Å². The Morgan fingerprint density at radius 2 is 1.75 bits per heavy atom. The zero-order chi connectivity index (χ0) is 19.5. The van der Waals surface area contributed by atoms with Gasteiger partial charge >= 0.3 is 0 Å². The smallest absolute Gasteiger partial charge is 0.256 e. The minimum absolute atomic E-state index is 0.157. The molecule has 0 saturated heterocycles. The third kappa shape index (κ3) is 3.84. The largest absolute Gasteiger partial charge is 0.497 e. The molecule has 0 aliphatic carbocycles. The molecule has 138 valence electrons. The summed E-state index contributed by atoms with van der Waals surface area (Å²) in [6.45, 7) is 0. The van der Waals surface area contributed by atoms with Crippen LogP contribution in [0, 0.1) is 3.57 Å². The van der Waals surface area contributed by atoms with Gasteiger partial charge in [-0.05, 0) is 77.2 Å². The molecule has 0 aliphatic rings. The number of rotatable bonds is 4. The molecule has 0 atom stereocenters. The van der Waals surface area contributed by atoms with Crippen LogP contribution in [0.1, 0.15) is 10.4 Å². The van der Waals surface area contributed by atoms with Crippen molar-refractivity contribution in [1.82, 2.24) is 4.98 Å². The first-order valence-electron chi connectivity index (χ1n) is 8.75. The highest BCUT2D eigenvalue weighted by Gasteiger charge is 2.14. The fraction of sp³-hybridized carbons (Fsp3) is 0.0435. The summed E-state index contributed by atoms with van der Waals surface area (Å²) in [6, 6.07) is 24.9. The van der Waals surface area contributed by atoms with Gasteiger partial charge in [0.25, 0.3) is 5.91 Å². The number of fused-ring (bicyclic) bond motifs is 1. The molecule has 5 heteroatoms. The summed E-state index contributed by atoms with van der Waals surface area (Å²) in [7, 11) is 1.64. The quantitative estimate of drug-likeness (QED) is 0.378. The number of carbonyl (C=O) groups excluding carboxylic acids is 1. The Morgan fingerprint density at radius 3 is 2.50 bits per heavy atom. The number of anilines is 1. The Morgan fingerprint density at radius 1 is 0.964 bits per heavy atom. The first-order chi connectivity index (χ1) is 13.6. The van der Waals surface area contributed by atoms with Gasteiger partial charge in [-0.1, -0.05) is 24.3 Å². The molecule has 0 bridgehead atoms. The second-order valence-electron chi connectivity index (χ2n) is 6.27. The molecule has 4 aromatic rings. The molecule has 0 saturated carbocycles. The monoisotopic (exact) mass is 480 g/mol. The van der Waals surface area contributed by atoms with Crippen LogP contribution in [-0.4, -0.2) is 18.0 Å². The Bertz CT molecular complexity index is 1160. The fourth-order valence-corrected chi connectivity index (χ4v) is 3.58. The van der Waals surface area contributed by atoms with E-state index in [1.807, 2.05) is 78.9 Å². The van der Waals surface area contributed by atoms with Crippen LogP contribution >= 0.6 is 22.6 Å². The van der Waals surface area contributed by atoms with Crippen molar-refractivity contribution in [1.29, 1.82) is 0 Å². The number of halogens is 1. The number of carbonyl (C=O) groups is 1. The molecule has 3 aromatic carbocycles. The SMILES string of the molecule is COc1ccc(-c2cc(C(=O)Nc3cccc(I)c3)c3ccccc3n2)cc1. The third-order valence-corrected chi connectivity index (χ3v) is 5.10. The molecule has 0 unspecified atom stereocenters. The van der Waals surface area contributed by atoms with Gasteiger partial charge < -0.3 is 10.1 Å². The maximum absolute atomic E-state index is 13.1. The number of amides is 1. The highest BCUT2D eigenvalue weighted by Crippen LogP contribution is 2.27. The van der Waals surface area contributed by atoms with Crippen molar-refractivity contribution in [2.45, 2.75) is 0 Å². The number of pyridine rings is 1. The average molecular weight is 480 g/mol. The normalized spacial score (nSPS) is 10.6. The molecule has 1 aromatic heterocycles. The number of hydrogen-bond donors (Lipinski definition) is 1. The van der Waals surface area contributed by atoms with Gasteiger partial charge in [-0.3, -0.25) is 4.79 Å². The second-order valence-corrected chi connectivity index (χ2v) is 7.51. The van der Waals surface area contributed by atoms with Crippen molar-refractivity contribution in [3.8, 4) is 17.0 Å². The van der Waals surface area contributed by atoms with Crippen LogP contribution in [-0.2, 0) is 0 Å². The summed E-state index contributed by atoms with van der Waals surface area (Å²) in [5.41, 5.74) is 3.81. The van der Waals surface area contributed by atoms with Crippen molar-refractivity contribution in [2.24, 2.45) is 0 Å². The van der Waals surface area contributed by atoms with E-state index in [-0.39, 0.29) is 5.91 Å². The van der Waals surface area contributed by atoms with E-state index in [9.17, 15) is 4.79 Å². The van der Waals surface area contributed by atoms with Gasteiger partial charge in [-0.15, -0.1) is 0 Å². The Labute approximate surface area is 176 Å². The molecule has 1 amide bonds. The van der Waals surface area contributed by atoms with Gasteiger partial charge in [0.15, 0.2) is 0 Å². The summed E-state index contributed by atoms with van der Waals surface area (Å²) in [5.74, 6) is 0.622. The molecule has 28 heavy (non-hydrogen) atoms. The van der Waals surface area contributed by atoms with Gasteiger partial charge in [-0.2, -0.15) is 0 Å². The fourth-order valence-electron chi connectivity index (χ4n) is 3.04. The Kier molecular flexibility index (Phi) is 5.25. The first kappa shape index (κ1) is 18.4. The highest BCUT2D eigenvalue weighted by atomic mass is 127. The first-order valence-corrected chi connectivity index (χ1v) is 9.83. The predicted octanol–water partition coefficient (Wildman–Crippen LogP) is 5.77. The summed E-state index contributed by atoms with van der Waals surface area (Å²) in [5, 5.41) is 3.82. The summed E-state index contributed by atoms with van der Waals surface area (Å²) in [6.07, 6.45) is 0. The van der Waals surface area contributed by atoms with E-state index in [4.69, 9.17) is 9.72 Å². The van der Waals surface area contributed by atoms with Crippen LogP contribution in [0.25, 0.3) is 22.2 Å². The number of hydrogen-bond acceptors (Lipinski definition) is 3. The van der Waals surface area contributed by atoms with E-state index >= 15 is 0 Å². The summed E-state index contributed by atoms with van der Waals surface area (Å²) >= 11 is 2.23. The van der Waals surface area contributed by atoms with Crippen molar-refractivity contribution >= 4 is 45.1 Å². The summed E-state index contributed by atoms with van der Waals surface area (Å²) < 4.78 is 6.29. The number of methoxy groups -OCH3 is 1. The maximum atomic E-state index is 13.1. The van der Waals surface area contributed by atoms with Crippen molar-refractivity contribution < 1.29 is 9.53 Å². The molecule has 1 heterocycles. The van der Waals surface area contributed by atoms with Gasteiger partial charge in [0, 0.05) is 20.2 Å². The molecule has 0 fully saturated rings. The number of nitrogens with one attached hydrogen (secondary N) is 1. The lowest BCUT2D eigenvalue weighted by molar-refractivity contribution is 0.102. The van der Waals surface area contributed by atoms with E-state index in [1.54, 1.807) is 7.11 Å². The van der Waals surface area contributed by atoms with Gasteiger partial charge in [0.05, 0.1) is 23.9 Å². The number of nitrogens with zero attached hydrogens (tertiary/aromatic N) is 1. The Balaban J connectivity index is 1.78. The van der Waals surface area contributed by atoms with Crippen LogP contribution in [0.3, 0.4) is 0 Å². The number of benzene rings is 3. The lowest BCUT2D eigenvalue weighted by atomic mass is 10.0. The lowest BCUT2D eigenvalue weighted by Gasteiger charge is -2.11. The van der Waals surface area contributed by atoms with Gasteiger partial charge in [-0.25, -0.2) is 4.98 Å². The van der Waals surface area contributed by atoms with Crippen LogP contribution in [0.5, 0.6) is 5.75 Å². The zero-order valence-corrected chi connectivity index (χ0v) is 17.3. The number of para-hydroxylation sites is 1. The number of ether oxygens (including phenoxy) is 1. The van der Waals surface area contributed by atoms with Crippen molar-refractivity contribution in [3.63, 3.8) is 0 Å². The molecule has 1 N–H and O–H groups in total. The van der Waals surface area contributed by atoms with Crippen molar-refractivity contribution in [2.75, 3.05) is 12.4 Å². The standard InChI is InChI=1S/C23H17IN2O2/c1-28-18-11-9-15(10-12-18)22-14-20(19-7-2-3-8-21(19)26-22)23(27)25-17-6-4-5-16(24)13-17/h2-14H,1H3,(H,25,27). The average Bonchev–Trinajstić information content (AvgIpc) is 2.73. The van der Waals surface area contributed by atoms with E-state index < -0.39 is 0 Å². The zero-order valence-electron chi connectivity index (χ0n) is 15.1. The lowest BCUT2D eigenvalue weighted by Crippen LogP contribution is -2.13. The van der Waals surface area contributed by atoms with E-state index in [2.05, 4.69) is 27.9 Å². The molecule has 0 radical (unpaired) electrons.